The normalized spacial score (nSPS) is 12.2. The van der Waals surface area contributed by atoms with Crippen LogP contribution in [0.3, 0.4) is 0 Å². The van der Waals surface area contributed by atoms with Crippen LogP contribution in [0.25, 0.3) is 11.5 Å². The van der Waals surface area contributed by atoms with Gasteiger partial charge in [-0.2, -0.15) is 5.10 Å². The average molecular weight is 387 g/mol. The number of para-hydroxylation sites is 1. The minimum absolute atomic E-state index is 0.151. The van der Waals surface area contributed by atoms with E-state index in [1.807, 2.05) is 38.1 Å². The van der Waals surface area contributed by atoms with E-state index >= 15 is 0 Å². The third kappa shape index (κ3) is 4.30. The number of ether oxygens (including phenoxy) is 1. The molecule has 27 heavy (non-hydrogen) atoms. The maximum absolute atomic E-state index is 12.5. The lowest BCUT2D eigenvalue weighted by atomic mass is 10.2. The van der Waals surface area contributed by atoms with Crippen molar-refractivity contribution in [2.24, 2.45) is 0 Å². The highest BCUT2D eigenvalue weighted by atomic mass is 32.2. The number of carbonyl (C=O) groups is 1. The number of methoxy groups -OCH3 is 1. The van der Waals surface area contributed by atoms with Crippen LogP contribution in [0.1, 0.15) is 26.8 Å². The van der Waals surface area contributed by atoms with Crippen molar-refractivity contribution in [2.75, 3.05) is 12.4 Å². The van der Waals surface area contributed by atoms with E-state index in [4.69, 9.17) is 9.15 Å². The maximum Gasteiger partial charge on any atom is 0.277 e. The Balaban J connectivity index is 1.68. The number of hydrogen-bond acceptors (Lipinski definition) is 7. The van der Waals surface area contributed by atoms with Crippen LogP contribution in [0.2, 0.25) is 0 Å². The van der Waals surface area contributed by atoms with E-state index < -0.39 is 5.25 Å². The number of thioether (sulfide) groups is 1. The van der Waals surface area contributed by atoms with Gasteiger partial charge in [0.1, 0.15) is 11.6 Å². The van der Waals surface area contributed by atoms with Gasteiger partial charge in [0.05, 0.1) is 24.1 Å². The summed E-state index contributed by atoms with van der Waals surface area (Å²) >= 11 is 1.19. The Kier molecular flexibility index (Phi) is 5.80. The number of carbonyl (C=O) groups excluding carboxylic acids is 1. The van der Waals surface area contributed by atoms with Crippen molar-refractivity contribution in [3.8, 4) is 17.2 Å². The van der Waals surface area contributed by atoms with E-state index in [1.165, 1.54) is 11.8 Å². The third-order valence-corrected chi connectivity index (χ3v) is 4.74. The number of hydrogen-bond donors (Lipinski definition) is 1. The smallest absolute Gasteiger partial charge is 0.277 e. The minimum atomic E-state index is -0.425. The number of benzene rings is 1. The summed E-state index contributed by atoms with van der Waals surface area (Å²) in [6, 6.07) is 9.30. The number of anilines is 1. The highest BCUT2D eigenvalue weighted by Gasteiger charge is 2.21. The lowest BCUT2D eigenvalue weighted by molar-refractivity contribution is -0.115. The fourth-order valence-corrected chi connectivity index (χ4v) is 3.13. The molecule has 0 aliphatic carbocycles. The monoisotopic (exact) mass is 387 g/mol. The van der Waals surface area contributed by atoms with Crippen molar-refractivity contribution >= 4 is 23.5 Å². The Morgan fingerprint density at radius 1 is 1.22 bits per heavy atom. The van der Waals surface area contributed by atoms with Crippen LogP contribution in [-0.2, 0) is 4.79 Å². The van der Waals surface area contributed by atoms with E-state index in [0.29, 0.717) is 28.2 Å². The number of nitrogens with one attached hydrogen (secondary N) is 1. The van der Waals surface area contributed by atoms with Gasteiger partial charge in [-0.3, -0.25) is 4.79 Å². The first-order chi connectivity index (χ1) is 13.0. The van der Waals surface area contributed by atoms with Crippen molar-refractivity contribution in [3.63, 3.8) is 0 Å². The molecule has 0 aliphatic heterocycles. The number of amides is 1. The van der Waals surface area contributed by atoms with Crippen molar-refractivity contribution in [1.82, 2.24) is 20.0 Å². The first kappa shape index (κ1) is 19.0. The van der Waals surface area contributed by atoms with Crippen LogP contribution in [0.4, 0.5) is 5.82 Å². The molecule has 0 aliphatic rings. The molecule has 8 nitrogen and oxygen atoms in total. The molecule has 9 heteroatoms. The average Bonchev–Trinajstić information content (AvgIpc) is 3.31. The summed E-state index contributed by atoms with van der Waals surface area (Å²) in [4.78, 5) is 12.5. The second-order valence-corrected chi connectivity index (χ2v) is 7.37. The molecule has 0 saturated carbocycles. The summed E-state index contributed by atoms with van der Waals surface area (Å²) in [5.74, 6) is 1.48. The molecule has 3 aromatic rings. The summed E-state index contributed by atoms with van der Waals surface area (Å²) < 4.78 is 12.8. The van der Waals surface area contributed by atoms with Gasteiger partial charge in [-0.05, 0) is 32.9 Å². The van der Waals surface area contributed by atoms with E-state index in [2.05, 4.69) is 20.6 Å². The Morgan fingerprint density at radius 2 is 2.00 bits per heavy atom. The van der Waals surface area contributed by atoms with Gasteiger partial charge in [0.2, 0.25) is 5.91 Å². The molecule has 0 spiro atoms. The van der Waals surface area contributed by atoms with Crippen LogP contribution in [-0.4, -0.2) is 38.2 Å². The van der Waals surface area contributed by atoms with Crippen LogP contribution in [0, 0.1) is 0 Å². The summed E-state index contributed by atoms with van der Waals surface area (Å²) in [5, 5.41) is 15.1. The Bertz CT molecular complexity index is 921. The van der Waals surface area contributed by atoms with Gasteiger partial charge in [0.25, 0.3) is 11.1 Å². The molecular formula is C18H21N5O3S. The van der Waals surface area contributed by atoms with Crippen LogP contribution < -0.4 is 10.1 Å². The molecule has 0 saturated heterocycles. The zero-order valence-electron chi connectivity index (χ0n) is 15.5. The molecule has 1 unspecified atom stereocenters. The van der Waals surface area contributed by atoms with Crippen LogP contribution >= 0.6 is 11.8 Å². The third-order valence-electron chi connectivity index (χ3n) is 3.80. The standard InChI is InChI=1S/C18H21N5O3S/c1-11(2)23-15(9-10-19-23)20-16(24)12(3)27-18-22-21-17(26-18)13-7-5-6-8-14(13)25-4/h5-12H,1-4H3,(H,20,24). The Morgan fingerprint density at radius 3 is 2.74 bits per heavy atom. The molecule has 0 fully saturated rings. The summed E-state index contributed by atoms with van der Waals surface area (Å²) in [6.45, 7) is 5.78. The molecule has 142 valence electrons. The Labute approximate surface area is 161 Å². The number of rotatable bonds is 7. The van der Waals surface area contributed by atoms with E-state index in [0.717, 1.165) is 0 Å². The van der Waals surface area contributed by atoms with Gasteiger partial charge in [-0.1, -0.05) is 23.9 Å². The summed E-state index contributed by atoms with van der Waals surface area (Å²) in [6.07, 6.45) is 1.66. The molecule has 1 aromatic carbocycles. The fourth-order valence-electron chi connectivity index (χ4n) is 2.44. The maximum atomic E-state index is 12.5. The second kappa shape index (κ2) is 8.26. The van der Waals surface area contributed by atoms with E-state index in [9.17, 15) is 4.79 Å². The highest BCUT2D eigenvalue weighted by molar-refractivity contribution is 8.00. The predicted octanol–water partition coefficient (Wildman–Crippen LogP) is 3.64. The van der Waals surface area contributed by atoms with Crippen molar-refractivity contribution < 1.29 is 13.9 Å². The first-order valence-corrected chi connectivity index (χ1v) is 9.35. The molecule has 1 atom stereocenters. The van der Waals surface area contributed by atoms with Crippen LogP contribution in [0.15, 0.2) is 46.2 Å². The molecule has 0 bridgehead atoms. The van der Waals surface area contributed by atoms with Gasteiger partial charge in [0, 0.05) is 12.1 Å². The van der Waals surface area contributed by atoms with Gasteiger partial charge in [-0.25, -0.2) is 4.68 Å². The highest BCUT2D eigenvalue weighted by Crippen LogP contribution is 2.31. The van der Waals surface area contributed by atoms with Crippen molar-refractivity contribution in [1.29, 1.82) is 0 Å². The zero-order chi connectivity index (χ0) is 19.4. The number of nitrogens with zero attached hydrogens (tertiary/aromatic N) is 4. The lowest BCUT2D eigenvalue weighted by Crippen LogP contribution is -2.24. The van der Waals surface area contributed by atoms with Gasteiger partial charge >= 0.3 is 0 Å². The Hall–Kier alpha value is -2.81. The molecule has 0 radical (unpaired) electrons. The van der Waals surface area contributed by atoms with Crippen molar-refractivity contribution in [2.45, 2.75) is 37.3 Å². The second-order valence-electron chi connectivity index (χ2n) is 6.08. The summed E-state index contributed by atoms with van der Waals surface area (Å²) in [5.41, 5.74) is 0.706. The zero-order valence-corrected chi connectivity index (χ0v) is 16.4. The molecule has 2 aromatic heterocycles. The van der Waals surface area contributed by atoms with Gasteiger partial charge in [-0.15, -0.1) is 10.2 Å². The van der Waals surface area contributed by atoms with E-state index in [-0.39, 0.29) is 11.9 Å². The SMILES string of the molecule is COc1ccccc1-c1nnc(SC(C)C(=O)Nc2ccnn2C(C)C)o1. The van der Waals surface area contributed by atoms with Crippen LogP contribution in [0.5, 0.6) is 5.75 Å². The minimum Gasteiger partial charge on any atom is -0.496 e. The molecule has 2 heterocycles. The summed E-state index contributed by atoms with van der Waals surface area (Å²) in [7, 11) is 1.58. The molecule has 3 rings (SSSR count). The largest absolute Gasteiger partial charge is 0.496 e. The molecular weight excluding hydrogens is 366 g/mol. The fraction of sp³-hybridized carbons (Fsp3) is 0.333. The van der Waals surface area contributed by atoms with E-state index in [1.54, 1.807) is 31.0 Å². The van der Waals surface area contributed by atoms with Gasteiger partial charge < -0.3 is 14.5 Å². The van der Waals surface area contributed by atoms with Gasteiger partial charge in [0.15, 0.2) is 0 Å². The number of aromatic nitrogens is 4. The first-order valence-electron chi connectivity index (χ1n) is 8.47. The van der Waals surface area contributed by atoms with Crippen molar-refractivity contribution in [3.05, 3.63) is 36.5 Å². The predicted molar refractivity (Wildman–Crippen MR) is 103 cm³/mol. The lowest BCUT2D eigenvalue weighted by Gasteiger charge is -2.13. The quantitative estimate of drug-likeness (QED) is 0.618. The topological polar surface area (TPSA) is 95.1 Å². The molecule has 1 N–H and O–H groups in total. The molecule has 1 amide bonds.